The first-order valence-corrected chi connectivity index (χ1v) is 4.87. The molecule has 4 heteroatoms. The highest BCUT2D eigenvalue weighted by Crippen LogP contribution is 2.27. The van der Waals surface area contributed by atoms with Gasteiger partial charge in [-0.1, -0.05) is 0 Å². The lowest BCUT2D eigenvalue weighted by molar-refractivity contribution is 0.410. The first-order valence-electron chi connectivity index (χ1n) is 4.08. The third-order valence-electron chi connectivity index (χ3n) is 1.82. The highest BCUT2D eigenvalue weighted by atomic mass is 79.9. The van der Waals surface area contributed by atoms with Crippen LogP contribution in [-0.4, -0.2) is 7.11 Å². The first kappa shape index (κ1) is 11.0. The Morgan fingerprint density at radius 2 is 2.29 bits per heavy atom. The minimum Gasteiger partial charge on any atom is -0.497 e. The van der Waals surface area contributed by atoms with Crippen molar-refractivity contribution in [1.82, 2.24) is 0 Å². The number of halogens is 2. The molecule has 1 rings (SSSR count). The van der Waals surface area contributed by atoms with E-state index in [1.54, 1.807) is 6.07 Å². The second-order valence-electron chi connectivity index (χ2n) is 2.74. The van der Waals surface area contributed by atoms with Gasteiger partial charge in [0.2, 0.25) is 0 Å². The zero-order valence-corrected chi connectivity index (χ0v) is 9.27. The molecule has 0 aromatic heterocycles. The zero-order chi connectivity index (χ0) is 10.6. The summed E-state index contributed by atoms with van der Waals surface area (Å²) in [5.41, 5.74) is 0.753. The third-order valence-corrected chi connectivity index (χ3v) is 2.71. The minimum absolute atomic E-state index is 0.364. The molecule has 1 aromatic rings. The maximum absolute atomic E-state index is 13.2. The number of aryl methyl sites for hydroxylation is 1. The molecule has 0 aliphatic carbocycles. The molecule has 0 unspecified atom stereocenters. The fraction of sp³-hybridized carbons (Fsp3) is 0.300. The van der Waals surface area contributed by atoms with Gasteiger partial charge in [0.25, 0.3) is 0 Å². The molecule has 14 heavy (non-hydrogen) atoms. The van der Waals surface area contributed by atoms with Gasteiger partial charge in [0.15, 0.2) is 0 Å². The van der Waals surface area contributed by atoms with Gasteiger partial charge in [-0.15, -0.1) is 0 Å². The summed E-state index contributed by atoms with van der Waals surface area (Å²) in [6.45, 7) is 0. The smallest absolute Gasteiger partial charge is 0.141 e. The van der Waals surface area contributed by atoms with E-state index in [-0.39, 0.29) is 5.82 Å². The molecule has 2 nitrogen and oxygen atoms in total. The maximum Gasteiger partial charge on any atom is 0.141 e. The summed E-state index contributed by atoms with van der Waals surface area (Å²) in [7, 11) is 1.48. The number of methoxy groups -OCH3 is 1. The van der Waals surface area contributed by atoms with Crippen molar-refractivity contribution in [2.45, 2.75) is 12.8 Å². The summed E-state index contributed by atoms with van der Waals surface area (Å²) in [6, 6.07) is 5.05. The van der Waals surface area contributed by atoms with E-state index in [4.69, 9.17) is 10.00 Å². The van der Waals surface area contributed by atoms with E-state index >= 15 is 0 Å². The number of nitriles is 1. The van der Waals surface area contributed by atoms with Gasteiger partial charge in [0.1, 0.15) is 11.6 Å². The fourth-order valence-electron chi connectivity index (χ4n) is 1.11. The van der Waals surface area contributed by atoms with Crippen molar-refractivity contribution in [2.24, 2.45) is 0 Å². The van der Waals surface area contributed by atoms with Crippen molar-refractivity contribution in [3.8, 4) is 11.8 Å². The quantitative estimate of drug-likeness (QED) is 0.834. The van der Waals surface area contributed by atoms with E-state index in [0.717, 1.165) is 5.56 Å². The van der Waals surface area contributed by atoms with Gasteiger partial charge in [0, 0.05) is 12.5 Å². The Kier molecular flexibility index (Phi) is 3.90. The van der Waals surface area contributed by atoms with Gasteiger partial charge in [-0.05, 0) is 34.0 Å². The Hall–Kier alpha value is -1.08. The van der Waals surface area contributed by atoms with Gasteiger partial charge in [0.05, 0.1) is 17.7 Å². The first-order chi connectivity index (χ1) is 6.69. The Morgan fingerprint density at radius 3 is 2.86 bits per heavy atom. The molecule has 1 aromatic carbocycles. The van der Waals surface area contributed by atoms with Crippen LogP contribution in [0.25, 0.3) is 0 Å². The molecule has 0 spiro atoms. The molecule has 0 saturated heterocycles. The SMILES string of the molecule is COc1cc(F)c(Br)c(CCC#N)c1. The lowest BCUT2D eigenvalue weighted by Crippen LogP contribution is -1.92. The normalized spacial score (nSPS) is 9.57. The molecule has 0 radical (unpaired) electrons. The van der Waals surface area contributed by atoms with E-state index < -0.39 is 0 Å². The molecule has 0 saturated carbocycles. The van der Waals surface area contributed by atoms with Crippen LogP contribution in [0.5, 0.6) is 5.75 Å². The maximum atomic E-state index is 13.2. The number of hydrogen-bond acceptors (Lipinski definition) is 2. The summed E-state index contributed by atoms with van der Waals surface area (Å²) in [6.07, 6.45) is 0.885. The van der Waals surface area contributed by atoms with Crippen molar-refractivity contribution in [3.05, 3.63) is 28.0 Å². The van der Waals surface area contributed by atoms with Crippen LogP contribution in [0.1, 0.15) is 12.0 Å². The highest BCUT2D eigenvalue weighted by Gasteiger charge is 2.08. The Balaban J connectivity index is 3.02. The Morgan fingerprint density at radius 1 is 1.57 bits per heavy atom. The monoisotopic (exact) mass is 257 g/mol. The van der Waals surface area contributed by atoms with Crippen molar-refractivity contribution in [3.63, 3.8) is 0 Å². The number of ether oxygens (including phenoxy) is 1. The van der Waals surface area contributed by atoms with Crippen molar-refractivity contribution < 1.29 is 9.13 Å². The number of rotatable bonds is 3. The van der Waals surface area contributed by atoms with E-state index in [2.05, 4.69) is 15.9 Å². The van der Waals surface area contributed by atoms with Gasteiger partial charge in [-0.2, -0.15) is 5.26 Å². The third kappa shape index (κ3) is 2.46. The molecule has 0 aliphatic heterocycles. The van der Waals surface area contributed by atoms with Crippen molar-refractivity contribution >= 4 is 15.9 Å². The summed E-state index contributed by atoms with van der Waals surface area (Å²) >= 11 is 3.13. The largest absolute Gasteiger partial charge is 0.497 e. The fourth-order valence-corrected chi connectivity index (χ4v) is 1.54. The standard InChI is InChI=1S/C10H9BrFNO/c1-14-8-5-7(3-2-4-13)10(11)9(12)6-8/h5-6H,2-3H2,1H3. The van der Waals surface area contributed by atoms with Crippen molar-refractivity contribution in [1.29, 1.82) is 5.26 Å². The molecule has 0 heterocycles. The molecule has 0 atom stereocenters. The molecule has 0 N–H and O–H groups in total. The number of nitrogens with zero attached hydrogens (tertiary/aromatic N) is 1. The lowest BCUT2D eigenvalue weighted by atomic mass is 10.1. The zero-order valence-electron chi connectivity index (χ0n) is 7.68. The van der Waals surface area contributed by atoms with Gasteiger partial charge in [-0.3, -0.25) is 0 Å². The van der Waals surface area contributed by atoms with E-state index in [1.165, 1.54) is 13.2 Å². The summed E-state index contributed by atoms with van der Waals surface area (Å²) in [5.74, 6) is 0.107. The van der Waals surface area contributed by atoms with Crippen LogP contribution in [0.3, 0.4) is 0 Å². The van der Waals surface area contributed by atoms with Crippen molar-refractivity contribution in [2.75, 3.05) is 7.11 Å². The average molecular weight is 258 g/mol. The van der Waals surface area contributed by atoms with E-state index in [1.807, 2.05) is 6.07 Å². The van der Waals surface area contributed by atoms with E-state index in [0.29, 0.717) is 23.1 Å². The van der Waals surface area contributed by atoms with Gasteiger partial charge in [-0.25, -0.2) is 4.39 Å². The summed E-state index contributed by atoms with van der Waals surface area (Å²) in [5, 5.41) is 8.42. The molecule has 74 valence electrons. The molecular weight excluding hydrogens is 249 g/mol. The van der Waals surface area contributed by atoms with Crippen LogP contribution >= 0.6 is 15.9 Å². The molecule has 0 fully saturated rings. The predicted molar refractivity (Wildman–Crippen MR) is 54.6 cm³/mol. The molecular formula is C10H9BrFNO. The van der Waals surface area contributed by atoms with Crippen LogP contribution < -0.4 is 4.74 Å². The van der Waals surface area contributed by atoms with Crippen LogP contribution in [0, 0.1) is 17.1 Å². The Labute approximate surface area is 90.4 Å². The molecule has 0 aliphatic rings. The second kappa shape index (κ2) is 4.97. The summed E-state index contributed by atoms with van der Waals surface area (Å²) in [4.78, 5) is 0. The van der Waals surface area contributed by atoms with Crippen LogP contribution in [0.2, 0.25) is 0 Å². The highest BCUT2D eigenvalue weighted by molar-refractivity contribution is 9.10. The minimum atomic E-state index is -0.364. The average Bonchev–Trinajstić information content (AvgIpc) is 2.20. The molecule has 0 amide bonds. The van der Waals surface area contributed by atoms with Crippen LogP contribution in [-0.2, 0) is 6.42 Å². The predicted octanol–water partition coefficient (Wildman–Crippen LogP) is 3.05. The van der Waals surface area contributed by atoms with E-state index in [9.17, 15) is 4.39 Å². The molecule has 0 bridgehead atoms. The van der Waals surface area contributed by atoms with Crippen LogP contribution in [0.4, 0.5) is 4.39 Å². The topological polar surface area (TPSA) is 33.0 Å². The number of hydrogen-bond donors (Lipinski definition) is 0. The number of benzene rings is 1. The lowest BCUT2D eigenvalue weighted by Gasteiger charge is -2.06. The van der Waals surface area contributed by atoms with Gasteiger partial charge >= 0.3 is 0 Å². The van der Waals surface area contributed by atoms with Gasteiger partial charge < -0.3 is 4.74 Å². The second-order valence-corrected chi connectivity index (χ2v) is 3.53. The Bertz CT molecular complexity index is 373. The summed E-state index contributed by atoms with van der Waals surface area (Å²) < 4.78 is 18.6. The van der Waals surface area contributed by atoms with Crippen LogP contribution in [0.15, 0.2) is 16.6 Å².